The molecule has 0 spiro atoms. The summed E-state index contributed by atoms with van der Waals surface area (Å²) in [6.45, 7) is 2.09. The average molecular weight is 387 g/mol. The van der Waals surface area contributed by atoms with Gasteiger partial charge in [-0.3, -0.25) is 14.4 Å². The predicted molar refractivity (Wildman–Crippen MR) is 105 cm³/mol. The SMILES string of the molecule is COCCNC(=O)[C@@H](NC(=O)c1ccccc1)C1CCN(C(=O)C2CC2)CC1. The van der Waals surface area contributed by atoms with E-state index in [4.69, 9.17) is 4.74 Å². The smallest absolute Gasteiger partial charge is 0.251 e. The molecule has 0 unspecified atom stereocenters. The summed E-state index contributed by atoms with van der Waals surface area (Å²) in [4.78, 5) is 39.6. The van der Waals surface area contributed by atoms with Crippen molar-refractivity contribution < 1.29 is 19.1 Å². The standard InChI is InChI=1S/C21H29N3O4/c1-28-14-11-22-20(26)18(23-19(25)16-5-3-2-4-6-16)15-9-12-24(13-10-15)21(27)17-7-8-17/h2-6,15,17-18H,7-14H2,1H3,(H,22,26)(H,23,25)/t18-/m0/s1. The monoisotopic (exact) mass is 387 g/mol. The van der Waals surface area contributed by atoms with Gasteiger partial charge >= 0.3 is 0 Å². The highest BCUT2D eigenvalue weighted by Crippen LogP contribution is 2.33. The number of nitrogens with zero attached hydrogens (tertiary/aromatic N) is 1. The highest BCUT2D eigenvalue weighted by Gasteiger charge is 2.38. The second kappa shape index (κ2) is 9.68. The molecular formula is C21H29N3O4. The predicted octanol–water partition coefficient (Wildman–Crippen LogP) is 1.20. The Morgan fingerprint density at radius 1 is 1.11 bits per heavy atom. The Hall–Kier alpha value is -2.41. The Labute approximate surface area is 165 Å². The summed E-state index contributed by atoms with van der Waals surface area (Å²) in [6, 6.07) is 8.27. The van der Waals surface area contributed by atoms with E-state index >= 15 is 0 Å². The number of ether oxygens (including phenoxy) is 1. The van der Waals surface area contributed by atoms with E-state index in [-0.39, 0.29) is 29.6 Å². The summed E-state index contributed by atoms with van der Waals surface area (Å²) in [5.74, 6) is -0.00826. The number of hydrogen-bond donors (Lipinski definition) is 2. The van der Waals surface area contributed by atoms with Crippen LogP contribution in [-0.2, 0) is 14.3 Å². The minimum absolute atomic E-state index is 0.00143. The van der Waals surface area contributed by atoms with Crippen molar-refractivity contribution in [2.24, 2.45) is 11.8 Å². The van der Waals surface area contributed by atoms with Crippen molar-refractivity contribution >= 4 is 17.7 Å². The summed E-state index contributed by atoms with van der Waals surface area (Å²) >= 11 is 0. The zero-order valence-corrected chi connectivity index (χ0v) is 16.4. The van der Waals surface area contributed by atoms with E-state index in [2.05, 4.69) is 10.6 Å². The van der Waals surface area contributed by atoms with E-state index < -0.39 is 6.04 Å². The van der Waals surface area contributed by atoms with Crippen LogP contribution >= 0.6 is 0 Å². The highest BCUT2D eigenvalue weighted by atomic mass is 16.5. The molecule has 7 nitrogen and oxygen atoms in total. The van der Waals surface area contributed by atoms with Gasteiger partial charge in [0.1, 0.15) is 6.04 Å². The first-order valence-corrected chi connectivity index (χ1v) is 10.0. The van der Waals surface area contributed by atoms with Gasteiger partial charge in [0.15, 0.2) is 0 Å². The molecule has 1 atom stereocenters. The quantitative estimate of drug-likeness (QED) is 0.656. The number of benzene rings is 1. The molecule has 0 aromatic heterocycles. The van der Waals surface area contributed by atoms with Gasteiger partial charge in [0.2, 0.25) is 11.8 Å². The molecule has 3 amide bonds. The second-order valence-electron chi connectivity index (χ2n) is 7.54. The molecule has 1 aliphatic carbocycles. The molecule has 1 heterocycles. The number of likely N-dealkylation sites (tertiary alicyclic amines) is 1. The third kappa shape index (κ3) is 5.32. The first-order chi connectivity index (χ1) is 13.6. The summed E-state index contributed by atoms with van der Waals surface area (Å²) in [5.41, 5.74) is 0.526. The summed E-state index contributed by atoms with van der Waals surface area (Å²) < 4.78 is 4.99. The van der Waals surface area contributed by atoms with Gasteiger partial charge in [-0.25, -0.2) is 0 Å². The van der Waals surface area contributed by atoms with Crippen LogP contribution in [0.2, 0.25) is 0 Å². The topological polar surface area (TPSA) is 87.7 Å². The number of methoxy groups -OCH3 is 1. The van der Waals surface area contributed by atoms with Gasteiger partial charge in [-0.2, -0.15) is 0 Å². The Kier molecular flexibility index (Phi) is 7.03. The van der Waals surface area contributed by atoms with Crippen LogP contribution < -0.4 is 10.6 Å². The Bertz CT molecular complexity index is 682. The second-order valence-corrected chi connectivity index (χ2v) is 7.54. The van der Waals surface area contributed by atoms with Crippen molar-refractivity contribution in [3.63, 3.8) is 0 Å². The molecule has 2 fully saturated rings. The van der Waals surface area contributed by atoms with Gasteiger partial charge in [-0.1, -0.05) is 18.2 Å². The Morgan fingerprint density at radius 3 is 2.39 bits per heavy atom. The Morgan fingerprint density at radius 2 is 1.79 bits per heavy atom. The maximum atomic E-state index is 12.8. The van der Waals surface area contributed by atoms with Crippen molar-refractivity contribution in [3.8, 4) is 0 Å². The van der Waals surface area contributed by atoms with E-state index in [1.807, 2.05) is 11.0 Å². The molecule has 7 heteroatoms. The fraction of sp³-hybridized carbons (Fsp3) is 0.571. The zero-order valence-electron chi connectivity index (χ0n) is 16.4. The highest BCUT2D eigenvalue weighted by molar-refractivity contribution is 5.97. The number of nitrogens with one attached hydrogen (secondary N) is 2. The number of rotatable bonds is 8. The van der Waals surface area contributed by atoms with Crippen molar-refractivity contribution in [1.82, 2.24) is 15.5 Å². The van der Waals surface area contributed by atoms with Crippen LogP contribution in [0.3, 0.4) is 0 Å². The van der Waals surface area contributed by atoms with Crippen LogP contribution in [0.4, 0.5) is 0 Å². The lowest BCUT2D eigenvalue weighted by atomic mass is 9.88. The maximum absolute atomic E-state index is 12.8. The molecule has 28 heavy (non-hydrogen) atoms. The molecule has 1 saturated carbocycles. The van der Waals surface area contributed by atoms with Gasteiger partial charge in [0.25, 0.3) is 5.91 Å². The molecular weight excluding hydrogens is 358 g/mol. The van der Waals surface area contributed by atoms with E-state index in [1.54, 1.807) is 31.4 Å². The number of carbonyl (C=O) groups excluding carboxylic acids is 3. The van der Waals surface area contributed by atoms with Crippen molar-refractivity contribution in [2.75, 3.05) is 33.4 Å². The van der Waals surface area contributed by atoms with E-state index in [1.165, 1.54) is 0 Å². The summed E-state index contributed by atoms with van der Waals surface area (Å²) in [5, 5.41) is 5.75. The van der Waals surface area contributed by atoms with Crippen LogP contribution in [0.15, 0.2) is 30.3 Å². The lowest BCUT2D eigenvalue weighted by molar-refractivity contribution is -0.134. The summed E-state index contributed by atoms with van der Waals surface area (Å²) in [6.07, 6.45) is 3.40. The van der Waals surface area contributed by atoms with Crippen LogP contribution in [0.5, 0.6) is 0 Å². The van der Waals surface area contributed by atoms with Gasteiger partial charge < -0.3 is 20.3 Å². The Balaban J connectivity index is 1.63. The molecule has 152 valence electrons. The molecule has 2 N–H and O–H groups in total. The van der Waals surface area contributed by atoms with Crippen LogP contribution in [0.1, 0.15) is 36.0 Å². The third-order valence-electron chi connectivity index (χ3n) is 5.46. The molecule has 1 aromatic rings. The summed E-state index contributed by atoms with van der Waals surface area (Å²) in [7, 11) is 1.58. The van der Waals surface area contributed by atoms with E-state index in [0.29, 0.717) is 44.6 Å². The van der Waals surface area contributed by atoms with Crippen molar-refractivity contribution in [2.45, 2.75) is 31.7 Å². The minimum Gasteiger partial charge on any atom is -0.383 e. The van der Waals surface area contributed by atoms with Crippen LogP contribution in [-0.4, -0.2) is 62.0 Å². The van der Waals surface area contributed by atoms with Crippen molar-refractivity contribution in [3.05, 3.63) is 35.9 Å². The molecule has 1 saturated heterocycles. The first-order valence-electron chi connectivity index (χ1n) is 10.0. The number of carbonyl (C=O) groups is 3. The maximum Gasteiger partial charge on any atom is 0.251 e. The first kappa shape index (κ1) is 20.3. The molecule has 0 radical (unpaired) electrons. The number of amides is 3. The van der Waals surface area contributed by atoms with E-state index in [0.717, 1.165) is 12.8 Å². The lowest BCUT2D eigenvalue weighted by Crippen LogP contribution is -2.54. The molecule has 1 aromatic carbocycles. The molecule has 3 rings (SSSR count). The van der Waals surface area contributed by atoms with E-state index in [9.17, 15) is 14.4 Å². The van der Waals surface area contributed by atoms with Crippen molar-refractivity contribution in [1.29, 1.82) is 0 Å². The zero-order chi connectivity index (χ0) is 19.9. The van der Waals surface area contributed by atoms with Crippen LogP contribution in [0.25, 0.3) is 0 Å². The average Bonchev–Trinajstić information content (AvgIpc) is 3.57. The fourth-order valence-corrected chi connectivity index (χ4v) is 3.64. The third-order valence-corrected chi connectivity index (χ3v) is 5.46. The largest absolute Gasteiger partial charge is 0.383 e. The van der Waals surface area contributed by atoms with Gasteiger partial charge in [-0.15, -0.1) is 0 Å². The number of piperidine rings is 1. The normalized spacial score (nSPS) is 18.4. The van der Waals surface area contributed by atoms with Crippen LogP contribution in [0, 0.1) is 11.8 Å². The van der Waals surface area contributed by atoms with Gasteiger partial charge in [0.05, 0.1) is 6.61 Å². The molecule has 1 aliphatic heterocycles. The fourth-order valence-electron chi connectivity index (χ4n) is 3.64. The molecule has 0 bridgehead atoms. The number of hydrogen-bond acceptors (Lipinski definition) is 4. The minimum atomic E-state index is -0.622. The van der Waals surface area contributed by atoms with Gasteiger partial charge in [0, 0.05) is 38.2 Å². The van der Waals surface area contributed by atoms with Gasteiger partial charge in [-0.05, 0) is 43.7 Å². The molecule has 2 aliphatic rings. The lowest BCUT2D eigenvalue weighted by Gasteiger charge is -2.36.